The molecular formula is C21H22O. The van der Waals surface area contributed by atoms with Crippen molar-refractivity contribution in [2.24, 2.45) is 11.3 Å². The molecule has 22 heavy (non-hydrogen) atoms. The van der Waals surface area contributed by atoms with E-state index in [1.807, 2.05) is 48.5 Å². The summed E-state index contributed by atoms with van der Waals surface area (Å²) >= 11 is 0. The number of hydrogen-bond donors (Lipinski definition) is 0. The van der Waals surface area contributed by atoms with Crippen LogP contribution in [0.2, 0.25) is 0 Å². The van der Waals surface area contributed by atoms with Gasteiger partial charge in [-0.1, -0.05) is 86.2 Å². The predicted molar refractivity (Wildman–Crippen MR) is 91.7 cm³/mol. The minimum atomic E-state index is -0.0389. The Bertz CT molecular complexity index is 657. The topological polar surface area (TPSA) is 17.1 Å². The van der Waals surface area contributed by atoms with E-state index in [9.17, 15) is 4.79 Å². The molecule has 112 valence electrons. The summed E-state index contributed by atoms with van der Waals surface area (Å²) in [6, 6.07) is 20.0. The third-order valence-electron chi connectivity index (χ3n) is 4.84. The van der Waals surface area contributed by atoms with Gasteiger partial charge in [0.1, 0.15) is 0 Å². The lowest BCUT2D eigenvalue weighted by atomic mass is 9.75. The van der Waals surface area contributed by atoms with Crippen molar-refractivity contribution in [1.29, 1.82) is 0 Å². The SMILES string of the molecule is CC1(/C=C/c2ccccc2)CCCC1C(=O)c1ccccc1. The number of carbonyl (C=O) groups excluding carboxylic acids is 1. The highest BCUT2D eigenvalue weighted by Crippen LogP contribution is 2.46. The molecule has 0 aliphatic heterocycles. The Hall–Kier alpha value is -2.15. The summed E-state index contributed by atoms with van der Waals surface area (Å²) in [5.41, 5.74) is 2.00. The van der Waals surface area contributed by atoms with Crippen molar-refractivity contribution in [2.75, 3.05) is 0 Å². The van der Waals surface area contributed by atoms with Crippen LogP contribution in [0, 0.1) is 11.3 Å². The fraction of sp³-hybridized carbons (Fsp3) is 0.286. The van der Waals surface area contributed by atoms with Crippen molar-refractivity contribution < 1.29 is 4.79 Å². The van der Waals surface area contributed by atoms with Crippen LogP contribution >= 0.6 is 0 Å². The second-order valence-corrected chi connectivity index (χ2v) is 6.42. The van der Waals surface area contributed by atoms with Crippen LogP contribution in [0.5, 0.6) is 0 Å². The van der Waals surface area contributed by atoms with Crippen molar-refractivity contribution in [3.63, 3.8) is 0 Å². The number of benzene rings is 2. The normalized spacial score (nSPS) is 24.7. The maximum Gasteiger partial charge on any atom is 0.166 e. The Balaban J connectivity index is 1.83. The van der Waals surface area contributed by atoms with E-state index in [0.29, 0.717) is 5.78 Å². The van der Waals surface area contributed by atoms with Crippen LogP contribution in [0.15, 0.2) is 66.7 Å². The molecule has 1 heteroatoms. The smallest absolute Gasteiger partial charge is 0.166 e. The van der Waals surface area contributed by atoms with Crippen molar-refractivity contribution in [1.82, 2.24) is 0 Å². The van der Waals surface area contributed by atoms with Gasteiger partial charge in [0.2, 0.25) is 0 Å². The zero-order valence-corrected chi connectivity index (χ0v) is 13.0. The highest BCUT2D eigenvalue weighted by Gasteiger charge is 2.41. The van der Waals surface area contributed by atoms with Crippen molar-refractivity contribution in [3.8, 4) is 0 Å². The van der Waals surface area contributed by atoms with Crippen LogP contribution in [0.25, 0.3) is 6.08 Å². The average molecular weight is 290 g/mol. The van der Waals surface area contributed by atoms with Gasteiger partial charge in [0, 0.05) is 11.5 Å². The fourth-order valence-electron chi connectivity index (χ4n) is 3.48. The predicted octanol–water partition coefficient (Wildman–Crippen LogP) is 5.39. The monoisotopic (exact) mass is 290 g/mol. The third-order valence-corrected chi connectivity index (χ3v) is 4.84. The summed E-state index contributed by atoms with van der Waals surface area (Å²) in [6.45, 7) is 2.23. The van der Waals surface area contributed by atoms with Crippen LogP contribution in [0.4, 0.5) is 0 Å². The third kappa shape index (κ3) is 3.04. The first-order chi connectivity index (χ1) is 10.7. The summed E-state index contributed by atoms with van der Waals surface area (Å²) in [4.78, 5) is 12.8. The van der Waals surface area contributed by atoms with E-state index in [2.05, 4.69) is 31.2 Å². The molecule has 3 rings (SSSR count). The van der Waals surface area contributed by atoms with E-state index in [4.69, 9.17) is 0 Å². The largest absolute Gasteiger partial charge is 0.294 e. The van der Waals surface area contributed by atoms with Crippen LogP contribution in [0.1, 0.15) is 42.1 Å². The van der Waals surface area contributed by atoms with Gasteiger partial charge in [0.15, 0.2) is 5.78 Å². The van der Waals surface area contributed by atoms with E-state index < -0.39 is 0 Å². The molecule has 1 fully saturated rings. The molecule has 1 aliphatic rings. The van der Waals surface area contributed by atoms with Gasteiger partial charge < -0.3 is 0 Å². The molecule has 2 aromatic carbocycles. The fourth-order valence-corrected chi connectivity index (χ4v) is 3.48. The summed E-state index contributed by atoms with van der Waals surface area (Å²) < 4.78 is 0. The van der Waals surface area contributed by atoms with Crippen LogP contribution in [-0.2, 0) is 0 Å². The van der Waals surface area contributed by atoms with E-state index in [1.54, 1.807) is 0 Å². The summed E-state index contributed by atoms with van der Waals surface area (Å²) in [5.74, 6) is 0.383. The van der Waals surface area contributed by atoms with Gasteiger partial charge in [-0.2, -0.15) is 0 Å². The molecule has 0 heterocycles. The van der Waals surface area contributed by atoms with E-state index in [-0.39, 0.29) is 11.3 Å². The number of hydrogen-bond acceptors (Lipinski definition) is 1. The highest BCUT2D eigenvalue weighted by molar-refractivity contribution is 5.98. The van der Waals surface area contributed by atoms with Gasteiger partial charge in [-0.3, -0.25) is 4.79 Å². The van der Waals surface area contributed by atoms with E-state index >= 15 is 0 Å². The molecule has 0 N–H and O–H groups in total. The maximum absolute atomic E-state index is 12.8. The molecule has 0 radical (unpaired) electrons. The number of Topliss-reactive ketones (excluding diaryl/α,β-unsaturated/α-hetero) is 1. The minimum Gasteiger partial charge on any atom is -0.294 e. The maximum atomic E-state index is 12.8. The van der Waals surface area contributed by atoms with Crippen LogP contribution in [0.3, 0.4) is 0 Å². The Morgan fingerprint density at radius 1 is 1.05 bits per heavy atom. The molecule has 0 aromatic heterocycles. The molecule has 1 saturated carbocycles. The zero-order valence-electron chi connectivity index (χ0n) is 13.0. The molecule has 2 aromatic rings. The van der Waals surface area contributed by atoms with Gasteiger partial charge in [-0.25, -0.2) is 0 Å². The van der Waals surface area contributed by atoms with Gasteiger partial charge in [0.05, 0.1) is 0 Å². The van der Waals surface area contributed by atoms with E-state index in [0.717, 1.165) is 24.8 Å². The Morgan fingerprint density at radius 3 is 2.36 bits per heavy atom. The molecule has 2 unspecified atom stereocenters. The number of ketones is 1. The first kappa shape index (κ1) is 14.8. The zero-order chi connectivity index (χ0) is 15.4. The van der Waals surface area contributed by atoms with Crippen molar-refractivity contribution in [2.45, 2.75) is 26.2 Å². The quantitative estimate of drug-likeness (QED) is 0.690. The molecule has 2 atom stereocenters. The van der Waals surface area contributed by atoms with Crippen LogP contribution in [-0.4, -0.2) is 5.78 Å². The second kappa shape index (κ2) is 6.31. The summed E-state index contributed by atoms with van der Waals surface area (Å²) in [6.07, 6.45) is 7.61. The minimum absolute atomic E-state index is 0.0389. The Kier molecular flexibility index (Phi) is 4.24. The summed E-state index contributed by atoms with van der Waals surface area (Å²) in [7, 11) is 0. The first-order valence-corrected chi connectivity index (χ1v) is 8.03. The molecule has 0 saturated heterocycles. The molecule has 0 spiro atoms. The van der Waals surface area contributed by atoms with Gasteiger partial charge in [-0.05, 0) is 23.8 Å². The van der Waals surface area contributed by atoms with Crippen molar-refractivity contribution in [3.05, 3.63) is 77.9 Å². The number of rotatable bonds is 4. The highest BCUT2D eigenvalue weighted by atomic mass is 16.1. The second-order valence-electron chi connectivity index (χ2n) is 6.42. The standard InChI is InChI=1S/C21H22O/c1-21(16-14-17-9-4-2-5-10-17)15-8-13-19(21)20(22)18-11-6-3-7-12-18/h2-7,9-12,14,16,19H,8,13,15H2,1H3/b16-14+. The lowest BCUT2D eigenvalue weighted by Crippen LogP contribution is -2.27. The number of carbonyl (C=O) groups is 1. The van der Waals surface area contributed by atoms with Gasteiger partial charge in [0.25, 0.3) is 0 Å². The first-order valence-electron chi connectivity index (χ1n) is 8.03. The average Bonchev–Trinajstić information content (AvgIpc) is 2.96. The van der Waals surface area contributed by atoms with E-state index in [1.165, 1.54) is 5.56 Å². The summed E-state index contributed by atoms with van der Waals surface area (Å²) in [5, 5.41) is 0. The molecule has 1 nitrogen and oxygen atoms in total. The van der Waals surface area contributed by atoms with Gasteiger partial charge in [-0.15, -0.1) is 0 Å². The lowest BCUT2D eigenvalue weighted by Gasteiger charge is -2.27. The van der Waals surface area contributed by atoms with Crippen LogP contribution < -0.4 is 0 Å². The molecule has 0 amide bonds. The Morgan fingerprint density at radius 2 is 1.68 bits per heavy atom. The number of allylic oxidation sites excluding steroid dienone is 1. The van der Waals surface area contributed by atoms with Gasteiger partial charge >= 0.3 is 0 Å². The van der Waals surface area contributed by atoms with Crippen molar-refractivity contribution >= 4 is 11.9 Å². The Labute approximate surface area is 132 Å². The molecule has 1 aliphatic carbocycles. The molecular weight excluding hydrogens is 268 g/mol. The molecule has 0 bridgehead atoms. The lowest BCUT2D eigenvalue weighted by molar-refractivity contribution is 0.0861.